The predicted molar refractivity (Wildman–Crippen MR) is 436 cm³/mol. The van der Waals surface area contributed by atoms with Crippen LogP contribution >= 0.6 is 15.6 Å². The lowest BCUT2D eigenvalue weighted by Gasteiger charge is -2.21. The van der Waals surface area contributed by atoms with E-state index in [2.05, 4.69) is 161 Å². The molecule has 0 aliphatic rings. The highest BCUT2D eigenvalue weighted by atomic mass is 31.2. The Kier molecular flexibility index (Phi) is 74.3. The zero-order valence-corrected chi connectivity index (χ0v) is 68.1. The first-order chi connectivity index (χ1) is 51.7. The Morgan fingerprint density at radius 2 is 0.500 bits per heavy atom. The average Bonchev–Trinajstić information content (AvgIpc) is 0.901. The molecule has 19 heteroatoms. The topological polar surface area (TPSA) is 237 Å². The second-order valence-corrected chi connectivity index (χ2v) is 29.8. The van der Waals surface area contributed by atoms with Gasteiger partial charge in [-0.2, -0.15) is 0 Å². The Labute approximate surface area is 643 Å². The van der Waals surface area contributed by atoms with Crippen LogP contribution in [0.5, 0.6) is 0 Å². The van der Waals surface area contributed by atoms with Crippen LogP contribution in [0.15, 0.2) is 146 Å². The molecule has 0 rings (SSSR count). The number of carbonyl (C=O) groups is 4. The van der Waals surface area contributed by atoms with Crippen molar-refractivity contribution in [2.45, 2.75) is 341 Å². The van der Waals surface area contributed by atoms with Gasteiger partial charge in [-0.05, 0) is 154 Å². The van der Waals surface area contributed by atoms with Gasteiger partial charge in [0, 0.05) is 25.7 Å². The van der Waals surface area contributed by atoms with Crippen LogP contribution < -0.4 is 0 Å². The fourth-order valence-electron chi connectivity index (χ4n) is 10.6. The molecule has 0 radical (unpaired) electrons. The van der Waals surface area contributed by atoms with Crippen molar-refractivity contribution in [2.75, 3.05) is 39.6 Å². The van der Waals surface area contributed by atoms with E-state index in [-0.39, 0.29) is 25.7 Å². The minimum absolute atomic E-state index is 0.0697. The van der Waals surface area contributed by atoms with Crippen molar-refractivity contribution in [1.29, 1.82) is 0 Å². The van der Waals surface area contributed by atoms with Crippen LogP contribution in [0.1, 0.15) is 323 Å². The number of phosphoric ester groups is 2. The zero-order chi connectivity index (χ0) is 77.4. The molecule has 0 aliphatic carbocycles. The number of phosphoric acid groups is 2. The summed E-state index contributed by atoms with van der Waals surface area (Å²) in [6, 6.07) is 0. The van der Waals surface area contributed by atoms with Gasteiger partial charge in [0.2, 0.25) is 0 Å². The molecule has 606 valence electrons. The van der Waals surface area contributed by atoms with E-state index in [1.807, 2.05) is 12.2 Å². The molecule has 0 heterocycles. The molecule has 5 unspecified atom stereocenters. The molecule has 0 bridgehead atoms. The lowest BCUT2D eigenvalue weighted by atomic mass is 10.1. The van der Waals surface area contributed by atoms with Crippen LogP contribution in [0.3, 0.4) is 0 Å². The third-order valence-electron chi connectivity index (χ3n) is 16.8. The Morgan fingerprint density at radius 3 is 0.802 bits per heavy atom. The zero-order valence-electron chi connectivity index (χ0n) is 66.3. The van der Waals surface area contributed by atoms with Gasteiger partial charge < -0.3 is 33.8 Å². The van der Waals surface area contributed by atoms with Gasteiger partial charge >= 0.3 is 39.5 Å². The Bertz CT molecular complexity index is 2580. The number of esters is 4. The smallest absolute Gasteiger partial charge is 0.462 e. The second-order valence-electron chi connectivity index (χ2n) is 26.9. The number of allylic oxidation sites excluding steroid dienone is 24. The first-order valence-corrected chi connectivity index (χ1v) is 44.1. The van der Waals surface area contributed by atoms with Crippen LogP contribution in [-0.2, 0) is 65.4 Å². The van der Waals surface area contributed by atoms with E-state index in [1.54, 1.807) is 0 Å². The van der Waals surface area contributed by atoms with E-state index in [4.69, 9.17) is 37.0 Å². The van der Waals surface area contributed by atoms with Crippen molar-refractivity contribution in [3.63, 3.8) is 0 Å². The van der Waals surface area contributed by atoms with Crippen LogP contribution in [0.4, 0.5) is 0 Å². The second kappa shape index (κ2) is 78.1. The quantitative estimate of drug-likeness (QED) is 0.0169. The molecule has 5 atom stereocenters. The maximum atomic E-state index is 13.1. The van der Waals surface area contributed by atoms with E-state index >= 15 is 0 Å². The molecule has 17 nitrogen and oxygen atoms in total. The van der Waals surface area contributed by atoms with E-state index in [9.17, 15) is 43.2 Å². The van der Waals surface area contributed by atoms with Crippen LogP contribution in [0.25, 0.3) is 0 Å². The summed E-state index contributed by atoms with van der Waals surface area (Å²) in [7, 11) is -9.99. The van der Waals surface area contributed by atoms with Gasteiger partial charge in [0.25, 0.3) is 0 Å². The molecule has 0 amide bonds. The first kappa shape index (κ1) is 101. The number of unbranched alkanes of at least 4 members (excludes halogenated alkanes) is 26. The Hall–Kier alpha value is -5.06. The summed E-state index contributed by atoms with van der Waals surface area (Å²) in [5.41, 5.74) is 0. The molecule has 0 saturated carbocycles. The monoisotopic (exact) mass is 1530 g/mol. The van der Waals surface area contributed by atoms with Crippen molar-refractivity contribution >= 4 is 39.5 Å². The van der Waals surface area contributed by atoms with Crippen LogP contribution in [0, 0.1) is 0 Å². The van der Waals surface area contributed by atoms with Gasteiger partial charge in [-0.25, -0.2) is 9.13 Å². The number of hydrogen-bond donors (Lipinski definition) is 3. The minimum Gasteiger partial charge on any atom is -0.462 e. The van der Waals surface area contributed by atoms with Gasteiger partial charge in [0.15, 0.2) is 12.2 Å². The number of carbonyl (C=O) groups excluding carboxylic acids is 4. The molecule has 0 aliphatic heterocycles. The predicted octanol–water partition coefficient (Wildman–Crippen LogP) is 24.2. The van der Waals surface area contributed by atoms with Crippen molar-refractivity contribution in [2.24, 2.45) is 0 Å². The van der Waals surface area contributed by atoms with Gasteiger partial charge in [0.05, 0.1) is 26.4 Å². The summed E-state index contributed by atoms with van der Waals surface area (Å²) >= 11 is 0. The molecular formula is C87H146O17P2. The van der Waals surface area contributed by atoms with Crippen molar-refractivity contribution in [3.8, 4) is 0 Å². The Balaban J connectivity index is 5.44. The number of hydrogen-bond acceptors (Lipinski definition) is 15. The third-order valence-corrected chi connectivity index (χ3v) is 18.7. The van der Waals surface area contributed by atoms with Crippen molar-refractivity contribution in [3.05, 3.63) is 146 Å². The number of ether oxygens (including phenoxy) is 4. The summed E-state index contributed by atoms with van der Waals surface area (Å²) in [5, 5.41) is 10.7. The fraction of sp³-hybridized carbons (Fsp3) is 0.678. The van der Waals surface area contributed by atoms with Crippen LogP contribution in [-0.4, -0.2) is 96.7 Å². The van der Waals surface area contributed by atoms with Gasteiger partial charge in [0.1, 0.15) is 19.3 Å². The van der Waals surface area contributed by atoms with E-state index in [0.29, 0.717) is 32.1 Å². The van der Waals surface area contributed by atoms with E-state index in [0.717, 1.165) is 199 Å². The first-order valence-electron chi connectivity index (χ1n) is 41.1. The highest BCUT2D eigenvalue weighted by Gasteiger charge is 2.30. The third kappa shape index (κ3) is 77.1. The SMILES string of the molecule is CC/C=C\C/C=C\C/C=C\C/C=C\C/C=C\CCCC(=O)OCC(COP(=O)(O)OCC(O)COP(=O)(O)OCC(COC(=O)CCCCCCCCC/C=C\C/C=C\C/C=C\CC)OC(=O)CCCCCCCCC/C=C\C/C=C\C/C=C\CC)OC(=O)CCCCCCC/C=C\CCCCCCCC. The van der Waals surface area contributed by atoms with Gasteiger partial charge in [-0.3, -0.25) is 37.3 Å². The summed E-state index contributed by atoms with van der Waals surface area (Å²) in [6.07, 6.45) is 89.6. The molecule has 0 aromatic heterocycles. The fourth-order valence-corrected chi connectivity index (χ4v) is 12.2. The number of rotatable bonds is 76. The van der Waals surface area contributed by atoms with Crippen molar-refractivity contribution in [1.82, 2.24) is 0 Å². The standard InChI is InChI=1S/C87H146O17P2/c1-5-9-13-17-21-25-29-33-37-40-44-47-51-55-59-63-67-71-84(89)97-77-82(103-86(91)73-69-65-61-57-53-49-43-36-32-28-24-20-16-12-8-4)79-101-105(93,94)99-75-81(88)76-100-106(95,96)102-80-83(104-87(92)74-70-66-62-58-54-50-46-42-39-35-31-27-23-19-15-11-7-3)78-98-85(90)72-68-64-60-56-52-48-45-41-38-34-30-26-22-18-14-10-6-2/h9-11,13-15,21-23,25-27,33-39,43-44,47,55,59,81-83,88H,5-8,12,16-20,24,28-32,40-42,45-46,48-54,56-58,60-80H2,1-4H3,(H,93,94)(H,95,96)/b13-9-,14-10-,15-11-,25-21-,26-22-,27-23-,37-33-,38-34-,39-35-,43-36-,47-44-,59-55-. The highest BCUT2D eigenvalue weighted by Crippen LogP contribution is 2.45. The lowest BCUT2D eigenvalue weighted by molar-refractivity contribution is -0.161. The lowest BCUT2D eigenvalue weighted by Crippen LogP contribution is -2.30. The average molecular weight is 1530 g/mol. The maximum absolute atomic E-state index is 13.1. The van der Waals surface area contributed by atoms with E-state index in [1.165, 1.54) is 38.5 Å². The minimum atomic E-state index is -5.00. The van der Waals surface area contributed by atoms with Gasteiger partial charge in [-0.15, -0.1) is 0 Å². The van der Waals surface area contributed by atoms with Crippen LogP contribution in [0.2, 0.25) is 0 Å². The molecule has 0 aromatic rings. The Morgan fingerprint density at radius 1 is 0.274 bits per heavy atom. The summed E-state index contributed by atoms with van der Waals surface area (Å²) in [5.74, 6) is -2.27. The number of aliphatic hydroxyl groups excluding tert-OH is 1. The summed E-state index contributed by atoms with van der Waals surface area (Å²) < 4.78 is 68.7. The van der Waals surface area contributed by atoms with E-state index < -0.39 is 97.5 Å². The molecule has 106 heavy (non-hydrogen) atoms. The molecule has 0 fully saturated rings. The highest BCUT2D eigenvalue weighted by molar-refractivity contribution is 7.47. The molecule has 3 N–H and O–H groups in total. The largest absolute Gasteiger partial charge is 0.472 e. The summed E-state index contributed by atoms with van der Waals surface area (Å²) in [4.78, 5) is 73.1. The molecule has 0 spiro atoms. The van der Waals surface area contributed by atoms with Gasteiger partial charge in [-0.1, -0.05) is 289 Å². The maximum Gasteiger partial charge on any atom is 0.472 e. The summed E-state index contributed by atoms with van der Waals surface area (Å²) in [6.45, 7) is 4.46. The van der Waals surface area contributed by atoms with Crippen molar-refractivity contribution < 1.29 is 80.2 Å². The normalized spacial score (nSPS) is 14.6. The molecular weight excluding hydrogens is 1380 g/mol. The number of aliphatic hydroxyl groups is 1. The molecule has 0 saturated heterocycles. The molecule has 0 aromatic carbocycles.